The molecule has 3 rings (SSSR count). The third-order valence-electron chi connectivity index (χ3n) is 3.26. The van der Waals surface area contributed by atoms with Crippen LogP contribution in [0.5, 0.6) is 0 Å². The molecule has 1 fully saturated rings. The van der Waals surface area contributed by atoms with E-state index >= 15 is 0 Å². The lowest BCUT2D eigenvalue weighted by molar-refractivity contribution is -0.388. The summed E-state index contributed by atoms with van der Waals surface area (Å²) in [5, 5.41) is 20.6. The van der Waals surface area contributed by atoms with Crippen molar-refractivity contribution in [2.24, 2.45) is 0 Å². The summed E-state index contributed by atoms with van der Waals surface area (Å²) in [7, 11) is 0. The van der Waals surface area contributed by atoms with Crippen molar-refractivity contribution in [2.45, 2.75) is 48.8 Å². The van der Waals surface area contributed by atoms with Gasteiger partial charge < -0.3 is 4.57 Å². The van der Waals surface area contributed by atoms with Crippen LogP contribution in [0.25, 0.3) is 0 Å². The molecule has 7 nitrogen and oxygen atoms in total. The predicted molar refractivity (Wildman–Crippen MR) is 77.4 cm³/mol. The largest absolute Gasteiger partial charge is 0.302 e. The predicted octanol–water partition coefficient (Wildman–Crippen LogP) is 3.19. The summed E-state index contributed by atoms with van der Waals surface area (Å²) in [6.45, 7) is 4.14. The van der Waals surface area contributed by atoms with Gasteiger partial charge in [0.2, 0.25) is 0 Å². The van der Waals surface area contributed by atoms with E-state index < -0.39 is 4.92 Å². The normalized spacial score (nSPS) is 14.6. The maximum absolute atomic E-state index is 11.1. The molecule has 0 aromatic carbocycles. The Kier molecular flexibility index (Phi) is 3.62. The van der Waals surface area contributed by atoms with Crippen LogP contribution < -0.4 is 0 Å². The van der Waals surface area contributed by atoms with Crippen LogP contribution in [0.2, 0.25) is 0 Å². The Morgan fingerprint density at radius 3 is 2.81 bits per heavy atom. The van der Waals surface area contributed by atoms with Crippen molar-refractivity contribution in [1.29, 1.82) is 0 Å². The smallest absolute Gasteiger partial charge is 0.301 e. The van der Waals surface area contributed by atoms with Gasteiger partial charge in [0, 0.05) is 24.2 Å². The molecule has 0 amide bonds. The van der Waals surface area contributed by atoms with Crippen molar-refractivity contribution in [3.05, 3.63) is 34.3 Å². The molecule has 1 saturated carbocycles. The molecule has 0 saturated heterocycles. The molecule has 1 aliphatic rings. The highest BCUT2D eigenvalue weighted by atomic mass is 32.2. The van der Waals surface area contributed by atoms with Gasteiger partial charge in [-0.1, -0.05) is 13.8 Å². The number of rotatable bonds is 5. The molecular formula is C13H15N5O2S. The van der Waals surface area contributed by atoms with E-state index in [1.807, 2.05) is 0 Å². The van der Waals surface area contributed by atoms with Crippen LogP contribution >= 0.6 is 11.8 Å². The fourth-order valence-corrected chi connectivity index (χ4v) is 3.07. The van der Waals surface area contributed by atoms with Gasteiger partial charge in [-0.3, -0.25) is 10.1 Å². The Morgan fingerprint density at radius 2 is 2.19 bits per heavy atom. The first-order valence-electron chi connectivity index (χ1n) is 6.80. The van der Waals surface area contributed by atoms with Crippen molar-refractivity contribution in [3.8, 4) is 0 Å². The number of pyridine rings is 1. The SMILES string of the molecule is CC(C)c1nnc(Sc2ncccc2[N+](=O)[O-])n1C1CC1. The van der Waals surface area contributed by atoms with Gasteiger partial charge in [0.05, 0.1) is 4.92 Å². The minimum atomic E-state index is -0.420. The highest BCUT2D eigenvalue weighted by molar-refractivity contribution is 7.99. The first-order chi connectivity index (χ1) is 10.1. The zero-order chi connectivity index (χ0) is 15.0. The maximum atomic E-state index is 11.1. The molecule has 2 aromatic heterocycles. The van der Waals surface area contributed by atoms with Crippen LogP contribution in [-0.2, 0) is 0 Å². The van der Waals surface area contributed by atoms with Crippen molar-refractivity contribution in [2.75, 3.05) is 0 Å². The molecule has 2 aromatic rings. The topological polar surface area (TPSA) is 86.7 Å². The first kappa shape index (κ1) is 14.0. The van der Waals surface area contributed by atoms with Crippen LogP contribution in [0.4, 0.5) is 5.69 Å². The molecule has 0 atom stereocenters. The Balaban J connectivity index is 1.97. The molecule has 110 valence electrons. The van der Waals surface area contributed by atoms with E-state index in [0.29, 0.717) is 16.2 Å². The Hall–Kier alpha value is -1.96. The fraction of sp³-hybridized carbons (Fsp3) is 0.462. The maximum Gasteiger partial charge on any atom is 0.301 e. The highest BCUT2D eigenvalue weighted by Gasteiger charge is 2.31. The van der Waals surface area contributed by atoms with E-state index in [2.05, 4.69) is 33.6 Å². The lowest BCUT2D eigenvalue weighted by Gasteiger charge is -2.10. The van der Waals surface area contributed by atoms with Gasteiger partial charge in [0.15, 0.2) is 10.2 Å². The average Bonchev–Trinajstić information content (AvgIpc) is 3.20. The summed E-state index contributed by atoms with van der Waals surface area (Å²) in [6, 6.07) is 3.44. The summed E-state index contributed by atoms with van der Waals surface area (Å²) < 4.78 is 2.10. The second kappa shape index (κ2) is 5.44. The molecule has 0 spiro atoms. The summed E-state index contributed by atoms with van der Waals surface area (Å²) in [5.74, 6) is 1.20. The number of hydrogen-bond acceptors (Lipinski definition) is 6. The molecule has 0 radical (unpaired) electrons. The molecule has 0 bridgehead atoms. The van der Waals surface area contributed by atoms with Gasteiger partial charge in [-0.2, -0.15) is 0 Å². The minimum Gasteiger partial charge on any atom is -0.302 e. The van der Waals surface area contributed by atoms with E-state index in [9.17, 15) is 10.1 Å². The van der Waals surface area contributed by atoms with Gasteiger partial charge in [0.1, 0.15) is 5.82 Å². The van der Waals surface area contributed by atoms with E-state index in [1.54, 1.807) is 12.3 Å². The highest BCUT2D eigenvalue weighted by Crippen LogP contribution is 2.42. The number of hydrogen-bond donors (Lipinski definition) is 0. The van der Waals surface area contributed by atoms with Gasteiger partial charge in [-0.25, -0.2) is 4.98 Å². The van der Waals surface area contributed by atoms with Crippen molar-refractivity contribution in [1.82, 2.24) is 19.7 Å². The van der Waals surface area contributed by atoms with Gasteiger partial charge in [-0.05, 0) is 30.7 Å². The molecule has 8 heteroatoms. The van der Waals surface area contributed by atoms with Gasteiger partial charge in [0.25, 0.3) is 0 Å². The van der Waals surface area contributed by atoms with Crippen LogP contribution in [0.15, 0.2) is 28.5 Å². The number of nitro groups is 1. The van der Waals surface area contributed by atoms with Crippen LogP contribution in [-0.4, -0.2) is 24.7 Å². The monoisotopic (exact) mass is 305 g/mol. The van der Waals surface area contributed by atoms with Gasteiger partial charge >= 0.3 is 5.69 Å². The summed E-state index contributed by atoms with van der Waals surface area (Å²) in [6.07, 6.45) is 3.77. The molecule has 21 heavy (non-hydrogen) atoms. The second-order valence-corrected chi connectivity index (χ2v) is 6.24. The Bertz CT molecular complexity index is 681. The Morgan fingerprint density at radius 1 is 1.43 bits per heavy atom. The van der Waals surface area contributed by atoms with Crippen molar-refractivity contribution >= 4 is 17.4 Å². The molecule has 0 aliphatic heterocycles. The van der Waals surface area contributed by atoms with Crippen LogP contribution in [0.1, 0.15) is 44.5 Å². The van der Waals surface area contributed by atoms with E-state index in [0.717, 1.165) is 18.7 Å². The Labute approximate surface area is 125 Å². The first-order valence-corrected chi connectivity index (χ1v) is 7.61. The molecular weight excluding hydrogens is 290 g/mol. The lowest BCUT2D eigenvalue weighted by atomic mass is 10.2. The van der Waals surface area contributed by atoms with E-state index in [4.69, 9.17) is 0 Å². The van der Waals surface area contributed by atoms with E-state index in [1.165, 1.54) is 17.8 Å². The van der Waals surface area contributed by atoms with Crippen molar-refractivity contribution in [3.63, 3.8) is 0 Å². The summed E-state index contributed by atoms with van der Waals surface area (Å²) in [4.78, 5) is 14.8. The second-order valence-electron chi connectivity index (χ2n) is 5.28. The number of nitrogens with zero attached hydrogens (tertiary/aromatic N) is 5. The zero-order valence-corrected chi connectivity index (χ0v) is 12.6. The molecule has 0 N–H and O–H groups in total. The van der Waals surface area contributed by atoms with Crippen LogP contribution in [0.3, 0.4) is 0 Å². The summed E-state index contributed by atoms with van der Waals surface area (Å²) in [5.41, 5.74) is -0.000978. The quantitative estimate of drug-likeness (QED) is 0.622. The van der Waals surface area contributed by atoms with E-state index in [-0.39, 0.29) is 11.6 Å². The van der Waals surface area contributed by atoms with Gasteiger partial charge in [-0.15, -0.1) is 10.2 Å². The fourth-order valence-electron chi connectivity index (χ4n) is 2.11. The zero-order valence-electron chi connectivity index (χ0n) is 11.8. The molecule has 1 aliphatic carbocycles. The minimum absolute atomic E-state index is 0.000978. The van der Waals surface area contributed by atoms with Crippen LogP contribution in [0, 0.1) is 10.1 Å². The number of aromatic nitrogens is 4. The third-order valence-corrected chi connectivity index (χ3v) is 4.22. The lowest BCUT2D eigenvalue weighted by Crippen LogP contribution is -2.05. The molecule has 2 heterocycles. The average molecular weight is 305 g/mol. The standard InChI is InChI=1S/C13H15N5O2S/c1-8(2)11-15-16-13(17(11)9-5-6-9)21-12-10(18(19)20)4-3-7-14-12/h3-4,7-9H,5-6H2,1-2H3. The summed E-state index contributed by atoms with van der Waals surface area (Å²) >= 11 is 1.21. The molecule has 0 unspecified atom stereocenters. The van der Waals surface area contributed by atoms with Crippen molar-refractivity contribution < 1.29 is 4.92 Å². The third kappa shape index (κ3) is 2.76.